The molecule has 1 aliphatic rings. The third-order valence-electron chi connectivity index (χ3n) is 3.82. The summed E-state index contributed by atoms with van der Waals surface area (Å²) in [6.07, 6.45) is 3.64. The topological polar surface area (TPSA) is 59.0 Å². The Morgan fingerprint density at radius 1 is 1.43 bits per heavy atom. The van der Waals surface area contributed by atoms with Crippen LogP contribution in [0.3, 0.4) is 0 Å². The lowest BCUT2D eigenvalue weighted by Crippen LogP contribution is -2.42. The molecule has 110 valence electrons. The van der Waals surface area contributed by atoms with Crippen molar-refractivity contribution >= 4 is 5.91 Å². The van der Waals surface area contributed by atoms with Gasteiger partial charge in [0.1, 0.15) is 6.04 Å². The van der Waals surface area contributed by atoms with Crippen molar-refractivity contribution in [2.24, 2.45) is 7.05 Å². The van der Waals surface area contributed by atoms with Crippen LogP contribution in [0.1, 0.15) is 22.9 Å². The molecule has 0 spiro atoms. The van der Waals surface area contributed by atoms with Gasteiger partial charge in [-0.2, -0.15) is 5.10 Å². The Balaban J connectivity index is 1.59. The minimum absolute atomic E-state index is 0.0399. The normalized spacial score (nSPS) is 17.3. The summed E-state index contributed by atoms with van der Waals surface area (Å²) in [6, 6.07) is 9.88. The van der Waals surface area contributed by atoms with Crippen LogP contribution >= 0.6 is 0 Å². The predicted octanol–water partition coefficient (Wildman–Crippen LogP) is 0.966. The van der Waals surface area contributed by atoms with Gasteiger partial charge < -0.3 is 10.6 Å². The maximum Gasteiger partial charge on any atom is 0.241 e. The number of rotatable bonds is 4. The third kappa shape index (κ3) is 3.13. The standard InChI is InChI=1S/C16H20N4O/c1-20-11-8-13(19-20)7-10-18-16(21)15-14-5-3-2-4-12(14)6-9-17-15/h2-5,8,11,15,17H,6-7,9-10H2,1H3,(H,18,21). The maximum atomic E-state index is 12.4. The summed E-state index contributed by atoms with van der Waals surface area (Å²) in [4.78, 5) is 12.4. The Morgan fingerprint density at radius 2 is 2.29 bits per heavy atom. The Bertz CT molecular complexity index is 635. The third-order valence-corrected chi connectivity index (χ3v) is 3.82. The van der Waals surface area contributed by atoms with E-state index in [2.05, 4.69) is 21.8 Å². The molecular weight excluding hydrogens is 264 g/mol. The van der Waals surface area contributed by atoms with Crippen LogP contribution in [0.15, 0.2) is 36.5 Å². The number of aromatic nitrogens is 2. The molecule has 2 heterocycles. The van der Waals surface area contributed by atoms with Gasteiger partial charge in [0.25, 0.3) is 0 Å². The molecule has 1 aromatic carbocycles. The number of amides is 1. The van der Waals surface area contributed by atoms with Gasteiger partial charge in [-0.25, -0.2) is 0 Å². The van der Waals surface area contributed by atoms with Crippen LogP contribution in [0, 0.1) is 0 Å². The second-order valence-electron chi connectivity index (χ2n) is 5.36. The highest BCUT2D eigenvalue weighted by Gasteiger charge is 2.25. The average Bonchev–Trinajstić information content (AvgIpc) is 2.92. The van der Waals surface area contributed by atoms with Crippen LogP contribution in [-0.4, -0.2) is 28.8 Å². The molecule has 1 aliphatic heterocycles. The molecule has 0 saturated carbocycles. The number of benzene rings is 1. The molecule has 2 N–H and O–H groups in total. The second-order valence-corrected chi connectivity index (χ2v) is 5.36. The fourth-order valence-electron chi connectivity index (χ4n) is 2.75. The largest absolute Gasteiger partial charge is 0.354 e. The van der Waals surface area contributed by atoms with E-state index < -0.39 is 0 Å². The SMILES string of the molecule is Cn1ccc(CCNC(=O)C2NCCc3ccccc32)n1. The van der Waals surface area contributed by atoms with Gasteiger partial charge in [0.15, 0.2) is 0 Å². The monoisotopic (exact) mass is 284 g/mol. The molecule has 1 atom stereocenters. The highest BCUT2D eigenvalue weighted by Crippen LogP contribution is 2.22. The van der Waals surface area contributed by atoms with Gasteiger partial charge in [-0.1, -0.05) is 24.3 Å². The fraction of sp³-hybridized carbons (Fsp3) is 0.375. The van der Waals surface area contributed by atoms with Gasteiger partial charge in [0.05, 0.1) is 5.69 Å². The number of hydrogen-bond donors (Lipinski definition) is 2. The van der Waals surface area contributed by atoms with E-state index in [0.717, 1.165) is 30.6 Å². The quantitative estimate of drug-likeness (QED) is 0.879. The van der Waals surface area contributed by atoms with Crippen LogP contribution < -0.4 is 10.6 Å². The first kappa shape index (κ1) is 13.8. The molecule has 0 aliphatic carbocycles. The summed E-state index contributed by atoms with van der Waals surface area (Å²) >= 11 is 0. The summed E-state index contributed by atoms with van der Waals surface area (Å²) in [5, 5.41) is 10.6. The first-order valence-electron chi connectivity index (χ1n) is 7.31. The van der Waals surface area contributed by atoms with E-state index in [-0.39, 0.29) is 11.9 Å². The smallest absolute Gasteiger partial charge is 0.241 e. The number of aryl methyl sites for hydroxylation is 1. The average molecular weight is 284 g/mol. The molecule has 1 unspecified atom stereocenters. The molecule has 1 amide bonds. The van der Waals surface area contributed by atoms with Gasteiger partial charge in [0.2, 0.25) is 5.91 Å². The Morgan fingerprint density at radius 3 is 3.10 bits per heavy atom. The van der Waals surface area contributed by atoms with E-state index in [9.17, 15) is 4.79 Å². The van der Waals surface area contributed by atoms with Gasteiger partial charge >= 0.3 is 0 Å². The van der Waals surface area contributed by atoms with Crippen molar-refractivity contribution in [3.8, 4) is 0 Å². The molecule has 5 nitrogen and oxygen atoms in total. The minimum Gasteiger partial charge on any atom is -0.354 e. The van der Waals surface area contributed by atoms with Crippen LogP contribution in [-0.2, 0) is 24.7 Å². The zero-order valence-electron chi connectivity index (χ0n) is 12.2. The van der Waals surface area contributed by atoms with Gasteiger partial charge in [-0.05, 0) is 23.6 Å². The fourth-order valence-corrected chi connectivity index (χ4v) is 2.75. The minimum atomic E-state index is -0.237. The van der Waals surface area contributed by atoms with Crippen molar-refractivity contribution in [1.82, 2.24) is 20.4 Å². The summed E-state index contributed by atoms with van der Waals surface area (Å²) in [5.41, 5.74) is 3.36. The summed E-state index contributed by atoms with van der Waals surface area (Å²) in [5.74, 6) is 0.0399. The number of hydrogen-bond acceptors (Lipinski definition) is 3. The molecule has 3 rings (SSSR count). The van der Waals surface area contributed by atoms with E-state index >= 15 is 0 Å². The molecule has 0 bridgehead atoms. The van der Waals surface area contributed by atoms with Crippen molar-refractivity contribution in [1.29, 1.82) is 0 Å². The summed E-state index contributed by atoms with van der Waals surface area (Å²) < 4.78 is 1.77. The molecule has 0 fully saturated rings. The zero-order valence-corrected chi connectivity index (χ0v) is 12.2. The Kier molecular flexibility index (Phi) is 4.01. The van der Waals surface area contributed by atoms with E-state index in [1.807, 2.05) is 37.5 Å². The van der Waals surface area contributed by atoms with E-state index in [1.165, 1.54) is 5.56 Å². The molecule has 21 heavy (non-hydrogen) atoms. The zero-order chi connectivity index (χ0) is 14.7. The molecular formula is C16H20N4O. The highest BCUT2D eigenvalue weighted by molar-refractivity contribution is 5.83. The van der Waals surface area contributed by atoms with Crippen molar-refractivity contribution < 1.29 is 4.79 Å². The lowest BCUT2D eigenvalue weighted by molar-refractivity contribution is -0.123. The lowest BCUT2D eigenvalue weighted by Gasteiger charge is -2.26. The van der Waals surface area contributed by atoms with Crippen molar-refractivity contribution in [3.05, 3.63) is 53.3 Å². The van der Waals surface area contributed by atoms with Crippen molar-refractivity contribution in [2.45, 2.75) is 18.9 Å². The number of nitrogens with one attached hydrogen (secondary N) is 2. The highest BCUT2D eigenvalue weighted by atomic mass is 16.2. The molecule has 5 heteroatoms. The Hall–Kier alpha value is -2.14. The van der Waals surface area contributed by atoms with E-state index in [0.29, 0.717) is 6.54 Å². The van der Waals surface area contributed by atoms with Crippen LogP contribution in [0.5, 0.6) is 0 Å². The number of carbonyl (C=O) groups excluding carboxylic acids is 1. The first-order valence-corrected chi connectivity index (χ1v) is 7.31. The van der Waals surface area contributed by atoms with Gasteiger partial charge in [-0.3, -0.25) is 9.48 Å². The number of fused-ring (bicyclic) bond motifs is 1. The predicted molar refractivity (Wildman–Crippen MR) is 80.8 cm³/mol. The maximum absolute atomic E-state index is 12.4. The summed E-state index contributed by atoms with van der Waals surface area (Å²) in [7, 11) is 1.89. The molecule has 0 saturated heterocycles. The lowest BCUT2D eigenvalue weighted by atomic mass is 9.94. The number of nitrogens with zero attached hydrogens (tertiary/aromatic N) is 2. The first-order chi connectivity index (χ1) is 10.2. The van der Waals surface area contributed by atoms with E-state index in [4.69, 9.17) is 0 Å². The van der Waals surface area contributed by atoms with Crippen LogP contribution in [0.25, 0.3) is 0 Å². The van der Waals surface area contributed by atoms with Crippen molar-refractivity contribution in [3.63, 3.8) is 0 Å². The molecule has 2 aromatic rings. The summed E-state index contributed by atoms with van der Waals surface area (Å²) in [6.45, 7) is 1.45. The van der Waals surface area contributed by atoms with Crippen molar-refractivity contribution in [2.75, 3.05) is 13.1 Å². The molecule has 0 radical (unpaired) electrons. The van der Waals surface area contributed by atoms with Crippen LogP contribution in [0.4, 0.5) is 0 Å². The molecule has 1 aromatic heterocycles. The second kappa shape index (κ2) is 6.10. The van der Waals surface area contributed by atoms with E-state index in [1.54, 1.807) is 4.68 Å². The Labute approximate surface area is 124 Å². The van der Waals surface area contributed by atoms with Gasteiger partial charge in [-0.15, -0.1) is 0 Å². The van der Waals surface area contributed by atoms with Gasteiger partial charge in [0, 0.05) is 32.8 Å². The van der Waals surface area contributed by atoms with Crippen LogP contribution in [0.2, 0.25) is 0 Å². The number of carbonyl (C=O) groups is 1.